The first-order valence-electron chi connectivity index (χ1n) is 6.95. The van der Waals surface area contributed by atoms with Gasteiger partial charge in [-0.05, 0) is 49.9 Å². The summed E-state index contributed by atoms with van der Waals surface area (Å²) < 4.78 is 5.75. The summed E-state index contributed by atoms with van der Waals surface area (Å²) in [6.45, 7) is 3.29. The molecule has 1 saturated carbocycles. The smallest absolute Gasteiger partial charge is 0.254 e. The van der Waals surface area contributed by atoms with Crippen LogP contribution in [-0.2, 0) is 4.74 Å². The minimum atomic E-state index is 0.114. The standard InChI is InChI=1S/C15H20N2O2/c1-10-9-11(5-6-12(10)16)15(18)17-7-8-19-14-4-2-3-13(14)17/h5-6,9,13-14H,2-4,7-8,16H2,1H3. The minimum absolute atomic E-state index is 0.114. The summed E-state index contributed by atoms with van der Waals surface area (Å²) >= 11 is 0. The molecule has 0 spiro atoms. The molecule has 0 bridgehead atoms. The zero-order chi connectivity index (χ0) is 13.4. The molecule has 1 aliphatic carbocycles. The first-order chi connectivity index (χ1) is 9.16. The fourth-order valence-electron chi connectivity index (χ4n) is 3.15. The molecule has 1 aliphatic heterocycles. The fourth-order valence-corrected chi connectivity index (χ4v) is 3.15. The number of rotatable bonds is 1. The van der Waals surface area contributed by atoms with Crippen LogP contribution in [0.4, 0.5) is 5.69 Å². The molecule has 2 N–H and O–H groups in total. The number of benzene rings is 1. The third-order valence-corrected chi connectivity index (χ3v) is 4.26. The Morgan fingerprint density at radius 3 is 3.05 bits per heavy atom. The lowest BCUT2D eigenvalue weighted by molar-refractivity contribution is -0.0445. The number of ether oxygens (including phenoxy) is 1. The summed E-state index contributed by atoms with van der Waals surface area (Å²) in [6, 6.07) is 5.79. The number of nitrogens with zero attached hydrogens (tertiary/aromatic N) is 1. The van der Waals surface area contributed by atoms with E-state index < -0.39 is 0 Å². The number of carbonyl (C=O) groups excluding carboxylic acids is 1. The first-order valence-corrected chi connectivity index (χ1v) is 6.95. The molecule has 19 heavy (non-hydrogen) atoms. The van der Waals surface area contributed by atoms with Gasteiger partial charge in [-0.3, -0.25) is 4.79 Å². The molecule has 4 nitrogen and oxygen atoms in total. The third-order valence-electron chi connectivity index (χ3n) is 4.26. The van der Waals surface area contributed by atoms with E-state index in [2.05, 4.69) is 0 Å². The van der Waals surface area contributed by atoms with Crippen molar-refractivity contribution in [3.8, 4) is 0 Å². The highest BCUT2D eigenvalue weighted by Gasteiger charge is 2.38. The van der Waals surface area contributed by atoms with Crippen LogP contribution < -0.4 is 5.73 Å². The van der Waals surface area contributed by atoms with Crippen LogP contribution in [-0.4, -0.2) is 36.1 Å². The fraction of sp³-hybridized carbons (Fsp3) is 0.533. The number of nitrogens with two attached hydrogens (primary N) is 1. The van der Waals surface area contributed by atoms with Crippen LogP contribution in [0.15, 0.2) is 18.2 Å². The highest BCUT2D eigenvalue weighted by atomic mass is 16.5. The Bertz CT molecular complexity index is 501. The minimum Gasteiger partial charge on any atom is -0.399 e. The highest BCUT2D eigenvalue weighted by Crippen LogP contribution is 2.30. The molecule has 2 fully saturated rings. The Hall–Kier alpha value is -1.55. The van der Waals surface area contributed by atoms with Gasteiger partial charge in [0.05, 0.1) is 18.8 Å². The molecule has 1 amide bonds. The second-order valence-electron chi connectivity index (χ2n) is 5.48. The highest BCUT2D eigenvalue weighted by molar-refractivity contribution is 5.95. The molecule has 2 unspecified atom stereocenters. The van der Waals surface area contributed by atoms with E-state index in [0.29, 0.717) is 13.2 Å². The number of hydrogen-bond donors (Lipinski definition) is 1. The van der Waals surface area contributed by atoms with Crippen LogP contribution in [0.25, 0.3) is 0 Å². The molecule has 1 saturated heterocycles. The van der Waals surface area contributed by atoms with Gasteiger partial charge in [0.15, 0.2) is 0 Å². The number of carbonyl (C=O) groups is 1. The average molecular weight is 260 g/mol. The lowest BCUT2D eigenvalue weighted by atomic mass is 10.1. The lowest BCUT2D eigenvalue weighted by Gasteiger charge is -2.37. The van der Waals surface area contributed by atoms with Crippen molar-refractivity contribution in [3.05, 3.63) is 29.3 Å². The van der Waals surface area contributed by atoms with Crippen LogP contribution in [0.3, 0.4) is 0 Å². The number of anilines is 1. The Kier molecular flexibility index (Phi) is 3.19. The van der Waals surface area contributed by atoms with Crippen molar-refractivity contribution < 1.29 is 9.53 Å². The van der Waals surface area contributed by atoms with Crippen molar-refractivity contribution in [2.45, 2.75) is 38.3 Å². The topological polar surface area (TPSA) is 55.6 Å². The first kappa shape index (κ1) is 12.5. The van der Waals surface area contributed by atoms with Gasteiger partial charge in [-0.15, -0.1) is 0 Å². The van der Waals surface area contributed by atoms with E-state index in [0.717, 1.165) is 36.1 Å². The largest absolute Gasteiger partial charge is 0.399 e. The maximum atomic E-state index is 12.6. The SMILES string of the molecule is Cc1cc(C(=O)N2CCOC3CCCC32)ccc1N. The van der Waals surface area contributed by atoms with Gasteiger partial charge in [-0.2, -0.15) is 0 Å². The van der Waals surface area contributed by atoms with Crippen LogP contribution in [0.2, 0.25) is 0 Å². The van der Waals surface area contributed by atoms with Gasteiger partial charge in [0.1, 0.15) is 0 Å². The van der Waals surface area contributed by atoms with Crippen molar-refractivity contribution in [1.29, 1.82) is 0 Å². The summed E-state index contributed by atoms with van der Waals surface area (Å²) in [5.74, 6) is 0.114. The maximum Gasteiger partial charge on any atom is 0.254 e. The van der Waals surface area contributed by atoms with E-state index in [1.807, 2.05) is 30.0 Å². The van der Waals surface area contributed by atoms with Gasteiger partial charge in [-0.1, -0.05) is 0 Å². The summed E-state index contributed by atoms with van der Waals surface area (Å²) in [6.07, 6.45) is 3.53. The molecule has 0 radical (unpaired) electrons. The van der Waals surface area contributed by atoms with Crippen LogP contribution in [0.1, 0.15) is 35.2 Å². The molecule has 1 aromatic carbocycles. The van der Waals surface area contributed by atoms with Gasteiger partial charge in [0.2, 0.25) is 0 Å². The van der Waals surface area contributed by atoms with Gasteiger partial charge < -0.3 is 15.4 Å². The molecular formula is C15H20N2O2. The summed E-state index contributed by atoms with van der Waals surface area (Å²) in [4.78, 5) is 14.6. The van der Waals surface area contributed by atoms with Gasteiger partial charge in [0.25, 0.3) is 5.91 Å². The van der Waals surface area contributed by atoms with E-state index in [9.17, 15) is 4.79 Å². The summed E-state index contributed by atoms with van der Waals surface area (Å²) in [7, 11) is 0. The molecule has 102 valence electrons. The molecule has 3 rings (SSSR count). The van der Waals surface area contributed by atoms with E-state index >= 15 is 0 Å². The van der Waals surface area contributed by atoms with Crippen molar-refractivity contribution in [2.75, 3.05) is 18.9 Å². The van der Waals surface area contributed by atoms with Crippen molar-refractivity contribution in [1.82, 2.24) is 4.90 Å². The third kappa shape index (κ3) is 2.21. The van der Waals surface area contributed by atoms with E-state index in [4.69, 9.17) is 10.5 Å². The number of amides is 1. The molecule has 0 aromatic heterocycles. The number of fused-ring (bicyclic) bond motifs is 1. The lowest BCUT2D eigenvalue weighted by Crippen LogP contribution is -2.51. The normalized spacial score (nSPS) is 26.3. The van der Waals surface area contributed by atoms with Gasteiger partial charge >= 0.3 is 0 Å². The van der Waals surface area contributed by atoms with E-state index in [-0.39, 0.29) is 18.1 Å². The Labute approximate surface area is 113 Å². The Morgan fingerprint density at radius 1 is 1.42 bits per heavy atom. The molecular weight excluding hydrogens is 240 g/mol. The average Bonchev–Trinajstić information content (AvgIpc) is 2.89. The van der Waals surface area contributed by atoms with Gasteiger partial charge in [-0.25, -0.2) is 0 Å². The zero-order valence-electron chi connectivity index (χ0n) is 11.3. The van der Waals surface area contributed by atoms with Crippen LogP contribution in [0, 0.1) is 6.92 Å². The number of nitrogen functional groups attached to an aromatic ring is 1. The number of aryl methyl sites for hydroxylation is 1. The Morgan fingerprint density at radius 2 is 2.26 bits per heavy atom. The van der Waals surface area contributed by atoms with Crippen molar-refractivity contribution in [2.24, 2.45) is 0 Å². The second-order valence-corrected chi connectivity index (χ2v) is 5.48. The van der Waals surface area contributed by atoms with Crippen LogP contribution in [0.5, 0.6) is 0 Å². The zero-order valence-corrected chi connectivity index (χ0v) is 11.3. The quantitative estimate of drug-likeness (QED) is 0.785. The van der Waals surface area contributed by atoms with Gasteiger partial charge in [0, 0.05) is 17.8 Å². The van der Waals surface area contributed by atoms with Crippen molar-refractivity contribution in [3.63, 3.8) is 0 Å². The van der Waals surface area contributed by atoms with E-state index in [1.54, 1.807) is 0 Å². The maximum absolute atomic E-state index is 12.6. The predicted molar refractivity (Wildman–Crippen MR) is 74.0 cm³/mol. The monoisotopic (exact) mass is 260 g/mol. The molecule has 4 heteroatoms. The second kappa shape index (κ2) is 4.85. The van der Waals surface area contributed by atoms with Crippen molar-refractivity contribution >= 4 is 11.6 Å². The number of hydrogen-bond acceptors (Lipinski definition) is 3. The Balaban J connectivity index is 1.84. The predicted octanol–water partition coefficient (Wildman–Crippen LogP) is 1.97. The van der Waals surface area contributed by atoms with E-state index in [1.165, 1.54) is 0 Å². The van der Waals surface area contributed by atoms with Crippen LogP contribution >= 0.6 is 0 Å². The molecule has 2 aliphatic rings. The number of morpholine rings is 1. The summed E-state index contributed by atoms with van der Waals surface area (Å²) in [5.41, 5.74) is 8.24. The molecule has 1 aromatic rings. The molecule has 2 atom stereocenters. The summed E-state index contributed by atoms with van der Waals surface area (Å²) in [5, 5.41) is 0. The molecule has 1 heterocycles.